The van der Waals surface area contributed by atoms with Crippen LogP contribution >= 0.6 is 0 Å². The largest absolute Gasteiger partial charge is 0.462 e. The molecule has 0 aromatic carbocycles. The van der Waals surface area contributed by atoms with Crippen LogP contribution in [0.3, 0.4) is 0 Å². The second-order valence-electron chi connectivity index (χ2n) is 4.46. The van der Waals surface area contributed by atoms with Gasteiger partial charge in [-0.3, -0.25) is 4.79 Å². The van der Waals surface area contributed by atoms with Crippen LogP contribution < -0.4 is 0 Å². The number of carbonyl (C=O) groups excluding carboxylic acids is 2. The van der Waals surface area contributed by atoms with Crippen LogP contribution in [0.5, 0.6) is 0 Å². The maximum Gasteiger partial charge on any atom is 0.419 e. The first-order valence-corrected chi connectivity index (χ1v) is 5.79. The highest BCUT2D eigenvalue weighted by molar-refractivity contribution is 5.75. The van der Waals surface area contributed by atoms with Gasteiger partial charge in [-0.2, -0.15) is 0 Å². The molecular formula is C12H18N2O4. The summed E-state index contributed by atoms with van der Waals surface area (Å²) < 4.78 is 11.1. The highest BCUT2D eigenvalue weighted by Crippen LogP contribution is 2.21. The summed E-state index contributed by atoms with van der Waals surface area (Å²) in [6.45, 7) is 5.63. The molecule has 0 bridgehead atoms. The summed E-state index contributed by atoms with van der Waals surface area (Å²) in [6.07, 6.45) is 4.45. The Morgan fingerprint density at radius 3 is 2.50 bits per heavy atom. The van der Waals surface area contributed by atoms with Gasteiger partial charge in [-0.15, -0.1) is 0 Å². The zero-order valence-corrected chi connectivity index (χ0v) is 10.9. The molecule has 0 N–H and O–H groups in total. The van der Waals surface area contributed by atoms with Gasteiger partial charge in [0.1, 0.15) is 19.5 Å². The minimum atomic E-state index is -0.543. The fraction of sp³-hybridized carbons (Fsp3) is 0.583. The molecule has 6 nitrogen and oxygen atoms in total. The Bertz CT molecular complexity index is 398. The Balaban J connectivity index is 2.23. The van der Waals surface area contributed by atoms with Crippen molar-refractivity contribution in [3.63, 3.8) is 0 Å². The highest BCUT2D eigenvalue weighted by Gasteiger charge is 2.26. The smallest absolute Gasteiger partial charge is 0.419 e. The van der Waals surface area contributed by atoms with Gasteiger partial charge in [-0.05, 0) is 20.3 Å². The van der Waals surface area contributed by atoms with Gasteiger partial charge in [-0.25, -0.2) is 14.3 Å². The first-order valence-electron chi connectivity index (χ1n) is 5.79. The third-order valence-electron chi connectivity index (χ3n) is 2.69. The van der Waals surface area contributed by atoms with E-state index in [1.807, 2.05) is 20.8 Å². The van der Waals surface area contributed by atoms with Gasteiger partial charge in [0.2, 0.25) is 0 Å². The molecule has 1 aromatic rings. The third-order valence-corrected chi connectivity index (χ3v) is 2.69. The molecule has 0 aliphatic heterocycles. The summed E-state index contributed by atoms with van der Waals surface area (Å²) in [7, 11) is 0. The number of hydrogen-bond acceptors (Lipinski definition) is 5. The van der Waals surface area contributed by atoms with Crippen LogP contribution in [0.2, 0.25) is 0 Å². The molecule has 1 heterocycles. The lowest BCUT2D eigenvalue weighted by molar-refractivity contribution is -0.155. The Labute approximate surface area is 106 Å². The summed E-state index contributed by atoms with van der Waals surface area (Å²) in [5, 5.41) is 0. The lowest BCUT2D eigenvalue weighted by Gasteiger charge is -2.20. The van der Waals surface area contributed by atoms with Crippen LogP contribution in [0, 0.1) is 5.41 Å². The van der Waals surface area contributed by atoms with Crippen LogP contribution in [-0.4, -0.2) is 34.8 Å². The van der Waals surface area contributed by atoms with E-state index in [1.54, 1.807) is 0 Å². The molecule has 0 atom stereocenters. The van der Waals surface area contributed by atoms with Gasteiger partial charge in [0, 0.05) is 12.4 Å². The average molecular weight is 254 g/mol. The number of carbonyl (C=O) groups is 2. The monoisotopic (exact) mass is 254 g/mol. The van der Waals surface area contributed by atoms with E-state index in [-0.39, 0.29) is 19.2 Å². The van der Waals surface area contributed by atoms with Crippen molar-refractivity contribution in [2.24, 2.45) is 5.41 Å². The summed E-state index contributed by atoms with van der Waals surface area (Å²) in [4.78, 5) is 26.7. The maximum absolute atomic E-state index is 11.6. The topological polar surface area (TPSA) is 70.4 Å². The Kier molecular flexibility index (Phi) is 4.88. The number of esters is 1. The molecule has 0 aliphatic rings. The summed E-state index contributed by atoms with van der Waals surface area (Å²) in [5.74, 6) is -0.288. The van der Waals surface area contributed by atoms with E-state index in [2.05, 4.69) is 4.98 Å². The van der Waals surface area contributed by atoms with Crippen LogP contribution in [0.1, 0.15) is 27.2 Å². The molecule has 0 unspecified atom stereocenters. The minimum absolute atomic E-state index is 0.0303. The van der Waals surface area contributed by atoms with E-state index < -0.39 is 11.5 Å². The van der Waals surface area contributed by atoms with Gasteiger partial charge >= 0.3 is 12.1 Å². The van der Waals surface area contributed by atoms with E-state index in [1.165, 1.54) is 23.3 Å². The first-order chi connectivity index (χ1) is 8.47. The SMILES string of the molecule is CCC(C)(C)C(=O)OCCOC(=O)n1ccnc1. The highest BCUT2D eigenvalue weighted by atomic mass is 16.6. The van der Waals surface area contributed by atoms with Crippen molar-refractivity contribution in [2.75, 3.05) is 13.2 Å². The van der Waals surface area contributed by atoms with E-state index >= 15 is 0 Å². The molecule has 0 amide bonds. The fourth-order valence-corrected chi connectivity index (χ4v) is 1.04. The van der Waals surface area contributed by atoms with Crippen molar-refractivity contribution in [3.8, 4) is 0 Å². The van der Waals surface area contributed by atoms with Crippen molar-refractivity contribution < 1.29 is 19.1 Å². The maximum atomic E-state index is 11.6. The normalized spacial score (nSPS) is 11.1. The van der Waals surface area contributed by atoms with Crippen molar-refractivity contribution in [1.29, 1.82) is 0 Å². The summed E-state index contributed by atoms with van der Waals surface area (Å²) >= 11 is 0. The standard InChI is InChI=1S/C12H18N2O4/c1-4-12(2,3)10(15)17-7-8-18-11(16)14-6-5-13-9-14/h5-6,9H,4,7-8H2,1-3H3. The van der Waals surface area contributed by atoms with Crippen molar-refractivity contribution in [3.05, 3.63) is 18.7 Å². The summed E-state index contributed by atoms with van der Waals surface area (Å²) in [5.41, 5.74) is -0.506. The van der Waals surface area contributed by atoms with E-state index in [0.717, 1.165) is 0 Å². The molecule has 0 saturated heterocycles. The Morgan fingerprint density at radius 1 is 1.28 bits per heavy atom. The molecule has 0 saturated carbocycles. The molecule has 18 heavy (non-hydrogen) atoms. The molecule has 0 spiro atoms. The molecule has 1 rings (SSSR count). The molecule has 6 heteroatoms. The molecule has 1 aromatic heterocycles. The van der Waals surface area contributed by atoms with Gasteiger partial charge < -0.3 is 9.47 Å². The number of ether oxygens (including phenoxy) is 2. The van der Waals surface area contributed by atoms with Gasteiger partial charge in [-0.1, -0.05) is 6.92 Å². The van der Waals surface area contributed by atoms with Gasteiger partial charge in [0.25, 0.3) is 0 Å². The van der Waals surface area contributed by atoms with Gasteiger partial charge in [0.05, 0.1) is 5.41 Å². The lowest BCUT2D eigenvalue weighted by atomic mass is 9.91. The number of nitrogens with zero attached hydrogens (tertiary/aromatic N) is 2. The predicted molar refractivity (Wildman–Crippen MR) is 64.0 cm³/mol. The second kappa shape index (κ2) is 6.18. The van der Waals surface area contributed by atoms with Crippen molar-refractivity contribution >= 4 is 12.1 Å². The van der Waals surface area contributed by atoms with Crippen molar-refractivity contribution in [2.45, 2.75) is 27.2 Å². The van der Waals surface area contributed by atoms with E-state index in [9.17, 15) is 9.59 Å². The van der Waals surface area contributed by atoms with E-state index in [0.29, 0.717) is 6.42 Å². The minimum Gasteiger partial charge on any atom is -0.462 e. The number of rotatable bonds is 5. The quantitative estimate of drug-likeness (QED) is 0.592. The Hall–Kier alpha value is -1.85. The van der Waals surface area contributed by atoms with Gasteiger partial charge in [0.15, 0.2) is 0 Å². The number of imidazole rings is 1. The number of aromatic nitrogens is 2. The fourth-order valence-electron chi connectivity index (χ4n) is 1.04. The van der Waals surface area contributed by atoms with Crippen LogP contribution in [0.15, 0.2) is 18.7 Å². The predicted octanol–water partition coefficient (Wildman–Crippen LogP) is 1.85. The van der Waals surface area contributed by atoms with E-state index in [4.69, 9.17) is 9.47 Å². The first kappa shape index (κ1) is 14.2. The molecule has 0 aliphatic carbocycles. The zero-order valence-electron chi connectivity index (χ0n) is 10.9. The van der Waals surface area contributed by atoms with Crippen LogP contribution in [0.4, 0.5) is 4.79 Å². The zero-order chi connectivity index (χ0) is 13.6. The lowest BCUT2D eigenvalue weighted by Crippen LogP contribution is -2.27. The average Bonchev–Trinajstić information content (AvgIpc) is 2.87. The van der Waals surface area contributed by atoms with Crippen molar-refractivity contribution in [1.82, 2.24) is 9.55 Å². The number of hydrogen-bond donors (Lipinski definition) is 0. The van der Waals surface area contributed by atoms with Crippen LogP contribution in [-0.2, 0) is 14.3 Å². The third kappa shape index (κ3) is 3.87. The Morgan fingerprint density at radius 2 is 1.94 bits per heavy atom. The molecule has 0 fully saturated rings. The van der Waals surface area contributed by atoms with Crippen LogP contribution in [0.25, 0.3) is 0 Å². The second-order valence-corrected chi connectivity index (χ2v) is 4.46. The molecule has 0 radical (unpaired) electrons. The summed E-state index contributed by atoms with van der Waals surface area (Å²) in [6, 6.07) is 0. The molecule has 100 valence electrons. The molecular weight excluding hydrogens is 236 g/mol.